The highest BCUT2D eigenvalue weighted by Gasteiger charge is 2.18. The smallest absolute Gasteiger partial charge is 0.0443 e. The van der Waals surface area contributed by atoms with Gasteiger partial charge in [0.15, 0.2) is 0 Å². The zero-order chi connectivity index (χ0) is 9.52. The third kappa shape index (κ3) is 3.63. The molecule has 0 aromatic rings. The van der Waals surface area contributed by atoms with Crippen LogP contribution in [0.5, 0.6) is 0 Å². The van der Waals surface area contributed by atoms with Crippen molar-refractivity contribution in [3.63, 3.8) is 0 Å². The number of aliphatic hydroxyl groups excluding tert-OH is 1. The van der Waals surface area contributed by atoms with Gasteiger partial charge in [0.25, 0.3) is 0 Å². The third-order valence-electron chi connectivity index (χ3n) is 2.83. The topological polar surface area (TPSA) is 35.5 Å². The summed E-state index contributed by atoms with van der Waals surface area (Å²) in [6, 6.07) is 0.748. The molecule has 0 aromatic heterocycles. The lowest BCUT2D eigenvalue weighted by Crippen LogP contribution is -2.43. The van der Waals surface area contributed by atoms with Gasteiger partial charge >= 0.3 is 0 Å². The molecular weight excluding hydrogens is 164 g/mol. The van der Waals surface area contributed by atoms with E-state index in [9.17, 15) is 0 Å². The van der Waals surface area contributed by atoms with E-state index in [1.54, 1.807) is 0 Å². The predicted octanol–water partition coefficient (Wildman–Crippen LogP) is 0.443. The molecule has 1 rings (SSSR count). The Labute approximate surface area is 81.1 Å². The molecule has 1 aliphatic rings. The minimum atomic E-state index is 0.321. The molecule has 1 saturated heterocycles. The molecule has 0 bridgehead atoms. The number of nitrogens with one attached hydrogen (secondary N) is 1. The van der Waals surface area contributed by atoms with Gasteiger partial charge in [-0.15, -0.1) is 0 Å². The Morgan fingerprint density at radius 1 is 1.38 bits per heavy atom. The second kappa shape index (κ2) is 6.35. The second-order valence-corrected chi connectivity index (χ2v) is 3.69. The van der Waals surface area contributed by atoms with Crippen LogP contribution in [0.4, 0.5) is 0 Å². The standard InChI is InChI=1S/C10H22N2O/c1-2-12(8-3-9-13)10-4-6-11-7-5-10/h10-11,13H,2-9H2,1H3. The van der Waals surface area contributed by atoms with Crippen molar-refractivity contribution in [1.82, 2.24) is 10.2 Å². The molecule has 0 spiro atoms. The molecule has 2 N–H and O–H groups in total. The van der Waals surface area contributed by atoms with Gasteiger partial charge in [-0.2, -0.15) is 0 Å². The number of piperidine rings is 1. The molecule has 0 saturated carbocycles. The fourth-order valence-corrected chi connectivity index (χ4v) is 2.04. The van der Waals surface area contributed by atoms with Crippen molar-refractivity contribution >= 4 is 0 Å². The first-order valence-electron chi connectivity index (χ1n) is 5.44. The van der Waals surface area contributed by atoms with Gasteiger partial charge in [0.1, 0.15) is 0 Å². The summed E-state index contributed by atoms with van der Waals surface area (Å²) < 4.78 is 0. The Balaban J connectivity index is 2.26. The number of nitrogens with zero attached hydrogens (tertiary/aromatic N) is 1. The number of aliphatic hydroxyl groups is 1. The van der Waals surface area contributed by atoms with Crippen molar-refractivity contribution < 1.29 is 5.11 Å². The first kappa shape index (κ1) is 11.0. The minimum Gasteiger partial charge on any atom is -0.396 e. The van der Waals surface area contributed by atoms with Crippen molar-refractivity contribution in [2.45, 2.75) is 32.2 Å². The monoisotopic (exact) mass is 186 g/mol. The van der Waals surface area contributed by atoms with Crippen molar-refractivity contribution in [2.24, 2.45) is 0 Å². The van der Waals surface area contributed by atoms with Crippen LogP contribution in [0.25, 0.3) is 0 Å². The summed E-state index contributed by atoms with van der Waals surface area (Å²) in [7, 11) is 0. The minimum absolute atomic E-state index is 0.321. The Hall–Kier alpha value is -0.120. The fraction of sp³-hybridized carbons (Fsp3) is 1.00. The molecule has 1 fully saturated rings. The Morgan fingerprint density at radius 3 is 2.62 bits per heavy atom. The van der Waals surface area contributed by atoms with Gasteiger partial charge in [-0.05, 0) is 38.9 Å². The summed E-state index contributed by atoms with van der Waals surface area (Å²) in [6.45, 7) is 7.00. The molecule has 0 unspecified atom stereocenters. The lowest BCUT2D eigenvalue weighted by atomic mass is 10.0. The summed E-state index contributed by atoms with van der Waals surface area (Å²) in [5.41, 5.74) is 0. The summed E-state index contributed by atoms with van der Waals surface area (Å²) in [6.07, 6.45) is 3.44. The summed E-state index contributed by atoms with van der Waals surface area (Å²) in [5.74, 6) is 0. The van der Waals surface area contributed by atoms with Gasteiger partial charge in [-0.25, -0.2) is 0 Å². The molecule has 13 heavy (non-hydrogen) atoms. The van der Waals surface area contributed by atoms with Crippen LogP contribution in [0.1, 0.15) is 26.2 Å². The molecular formula is C10H22N2O. The SMILES string of the molecule is CCN(CCCO)C1CCNCC1. The van der Waals surface area contributed by atoms with Crippen molar-refractivity contribution in [3.8, 4) is 0 Å². The molecule has 0 aliphatic carbocycles. The van der Waals surface area contributed by atoms with Crippen molar-refractivity contribution in [3.05, 3.63) is 0 Å². The van der Waals surface area contributed by atoms with Crippen LogP contribution in [0.3, 0.4) is 0 Å². The number of hydrogen-bond acceptors (Lipinski definition) is 3. The van der Waals surface area contributed by atoms with Crippen LogP contribution in [-0.2, 0) is 0 Å². The van der Waals surface area contributed by atoms with E-state index in [0.29, 0.717) is 6.61 Å². The maximum atomic E-state index is 8.77. The Kier molecular flexibility index (Phi) is 5.35. The summed E-state index contributed by atoms with van der Waals surface area (Å²) >= 11 is 0. The fourth-order valence-electron chi connectivity index (χ4n) is 2.04. The van der Waals surface area contributed by atoms with E-state index >= 15 is 0 Å². The van der Waals surface area contributed by atoms with Gasteiger partial charge < -0.3 is 15.3 Å². The molecule has 3 heteroatoms. The van der Waals surface area contributed by atoms with Crippen LogP contribution in [0.15, 0.2) is 0 Å². The van der Waals surface area contributed by atoms with E-state index in [1.165, 1.54) is 12.8 Å². The first-order valence-corrected chi connectivity index (χ1v) is 5.44. The molecule has 1 heterocycles. The number of rotatable bonds is 5. The van der Waals surface area contributed by atoms with E-state index in [1.807, 2.05) is 0 Å². The second-order valence-electron chi connectivity index (χ2n) is 3.69. The van der Waals surface area contributed by atoms with E-state index < -0.39 is 0 Å². The molecule has 0 atom stereocenters. The van der Waals surface area contributed by atoms with Gasteiger partial charge in [0.05, 0.1) is 0 Å². The van der Waals surface area contributed by atoms with E-state index in [0.717, 1.165) is 38.6 Å². The quantitative estimate of drug-likeness (QED) is 0.654. The van der Waals surface area contributed by atoms with Gasteiger partial charge in [-0.1, -0.05) is 6.92 Å². The maximum Gasteiger partial charge on any atom is 0.0443 e. The normalized spacial score (nSPS) is 19.6. The largest absolute Gasteiger partial charge is 0.396 e. The van der Waals surface area contributed by atoms with Gasteiger partial charge in [0.2, 0.25) is 0 Å². The van der Waals surface area contributed by atoms with Crippen LogP contribution in [-0.4, -0.2) is 48.8 Å². The molecule has 1 aliphatic heterocycles. The molecule has 3 nitrogen and oxygen atoms in total. The summed E-state index contributed by atoms with van der Waals surface area (Å²) in [5, 5.41) is 12.1. The maximum absolute atomic E-state index is 8.77. The summed E-state index contributed by atoms with van der Waals surface area (Å²) in [4.78, 5) is 2.50. The lowest BCUT2D eigenvalue weighted by molar-refractivity contribution is 0.154. The molecule has 0 aromatic carbocycles. The number of hydrogen-bond donors (Lipinski definition) is 2. The highest BCUT2D eigenvalue weighted by Crippen LogP contribution is 2.11. The Morgan fingerprint density at radius 2 is 2.08 bits per heavy atom. The first-order chi connectivity index (χ1) is 6.38. The molecule has 0 amide bonds. The average Bonchev–Trinajstić information content (AvgIpc) is 2.21. The van der Waals surface area contributed by atoms with E-state index in [2.05, 4.69) is 17.1 Å². The van der Waals surface area contributed by atoms with E-state index in [-0.39, 0.29) is 0 Å². The zero-order valence-corrected chi connectivity index (χ0v) is 8.63. The van der Waals surface area contributed by atoms with E-state index in [4.69, 9.17) is 5.11 Å². The highest BCUT2D eigenvalue weighted by molar-refractivity contribution is 4.76. The lowest BCUT2D eigenvalue weighted by Gasteiger charge is -2.33. The Bertz CT molecular complexity index is 124. The van der Waals surface area contributed by atoms with Crippen LogP contribution in [0.2, 0.25) is 0 Å². The molecule has 0 radical (unpaired) electrons. The molecule has 78 valence electrons. The van der Waals surface area contributed by atoms with Crippen LogP contribution in [0, 0.1) is 0 Å². The van der Waals surface area contributed by atoms with Crippen LogP contribution >= 0.6 is 0 Å². The van der Waals surface area contributed by atoms with Gasteiger partial charge in [0, 0.05) is 19.2 Å². The van der Waals surface area contributed by atoms with Crippen molar-refractivity contribution in [2.75, 3.05) is 32.8 Å². The van der Waals surface area contributed by atoms with Gasteiger partial charge in [-0.3, -0.25) is 0 Å². The third-order valence-corrected chi connectivity index (χ3v) is 2.83. The van der Waals surface area contributed by atoms with Crippen molar-refractivity contribution in [1.29, 1.82) is 0 Å². The predicted molar refractivity (Wildman–Crippen MR) is 54.8 cm³/mol. The zero-order valence-electron chi connectivity index (χ0n) is 8.63. The van der Waals surface area contributed by atoms with Crippen LogP contribution < -0.4 is 5.32 Å². The average molecular weight is 186 g/mol. The highest BCUT2D eigenvalue weighted by atomic mass is 16.3.